The van der Waals surface area contributed by atoms with Gasteiger partial charge in [0.15, 0.2) is 0 Å². The number of hydrogen-bond donors (Lipinski definition) is 0. The van der Waals surface area contributed by atoms with E-state index in [0.29, 0.717) is 0 Å². The molecule has 0 bridgehead atoms. The summed E-state index contributed by atoms with van der Waals surface area (Å²) in [5, 5.41) is 17.9. The summed E-state index contributed by atoms with van der Waals surface area (Å²) < 4.78 is 33.5. The maximum Gasteiger partial charge on any atom is 0.123 e. The number of aryl methyl sites for hydroxylation is 2. The number of rotatable bonds is 4. The monoisotopic (exact) mass is 672 g/mol. The van der Waals surface area contributed by atoms with Crippen molar-refractivity contribution in [1.82, 2.24) is 9.13 Å². The molecule has 0 aliphatic heterocycles. The maximum absolute atomic E-state index is 14.3. The van der Waals surface area contributed by atoms with E-state index in [1.54, 1.807) is 24.3 Å². The van der Waals surface area contributed by atoms with Gasteiger partial charge in [0.1, 0.15) is 11.6 Å². The van der Waals surface area contributed by atoms with Gasteiger partial charge in [-0.1, -0.05) is 60.7 Å². The Balaban J connectivity index is 1.22. The Morgan fingerprint density at radius 1 is 0.385 bits per heavy atom. The molecule has 246 valence electrons. The molecular weight excluding hydrogens is 643 g/mol. The Morgan fingerprint density at radius 3 is 1.25 bits per heavy atom. The van der Waals surface area contributed by atoms with E-state index in [-0.39, 0.29) is 11.6 Å². The number of halogens is 2. The third-order valence-corrected chi connectivity index (χ3v) is 12.0. The largest absolute Gasteiger partial charge is 0.340 e. The summed E-state index contributed by atoms with van der Waals surface area (Å²) in [7, 11) is 0. The van der Waals surface area contributed by atoms with Crippen molar-refractivity contribution < 1.29 is 8.78 Å². The lowest BCUT2D eigenvalue weighted by molar-refractivity contribution is 0.628. The van der Waals surface area contributed by atoms with Gasteiger partial charge in [-0.05, 0) is 129 Å². The van der Waals surface area contributed by atoms with E-state index in [1.165, 1.54) is 110 Å². The van der Waals surface area contributed by atoms with Gasteiger partial charge < -0.3 is 9.13 Å². The van der Waals surface area contributed by atoms with E-state index in [0.717, 1.165) is 35.3 Å². The fourth-order valence-electron chi connectivity index (χ4n) is 9.99. The van der Waals surface area contributed by atoms with Crippen molar-refractivity contribution in [3.63, 3.8) is 0 Å². The summed E-state index contributed by atoms with van der Waals surface area (Å²) in [4.78, 5) is 0. The molecule has 4 heteroatoms. The fraction of sp³-hybridized carbons (Fsp3) is 0.0833. The van der Waals surface area contributed by atoms with Crippen LogP contribution in [0.2, 0.25) is 0 Å². The van der Waals surface area contributed by atoms with E-state index < -0.39 is 0 Å². The molecule has 0 saturated heterocycles. The number of fused-ring (bicyclic) bond motifs is 10. The van der Waals surface area contributed by atoms with E-state index >= 15 is 0 Å². The third kappa shape index (κ3) is 3.38. The molecule has 0 radical (unpaired) electrons. The van der Waals surface area contributed by atoms with Gasteiger partial charge in [0.2, 0.25) is 0 Å². The van der Waals surface area contributed by atoms with Gasteiger partial charge in [0.05, 0.1) is 11.0 Å². The Morgan fingerprint density at radius 2 is 0.827 bits per heavy atom. The molecule has 12 rings (SSSR count). The van der Waals surface area contributed by atoms with Crippen LogP contribution in [0, 0.1) is 11.6 Å². The van der Waals surface area contributed by atoms with Crippen LogP contribution in [-0.2, 0) is 13.1 Å². The number of benzene rings is 8. The highest BCUT2D eigenvalue weighted by molar-refractivity contribution is 6.48. The Hall–Kier alpha value is -6.26. The first kappa shape index (κ1) is 28.4. The van der Waals surface area contributed by atoms with Gasteiger partial charge in [-0.3, -0.25) is 0 Å². The predicted octanol–water partition coefficient (Wildman–Crippen LogP) is 13.6. The van der Waals surface area contributed by atoms with Crippen molar-refractivity contribution in [3.05, 3.63) is 133 Å². The average Bonchev–Trinajstić information content (AvgIpc) is 3.88. The van der Waals surface area contributed by atoms with Crippen LogP contribution in [0.15, 0.2) is 121 Å². The lowest BCUT2D eigenvalue weighted by Gasteiger charge is -2.14. The van der Waals surface area contributed by atoms with Crippen LogP contribution >= 0.6 is 0 Å². The second-order valence-electron chi connectivity index (χ2n) is 14.4. The topological polar surface area (TPSA) is 9.86 Å². The molecule has 0 N–H and O–H groups in total. The SMILES string of the molecule is CCn1c2ccc(-c3cccc(F)c3)cc2c2c3ccc4cc5c6c(ccc7cc(c3c4c76)c21)c1c2cc(-c3cccc(F)c3)ccc2n(CC)c51. The zero-order chi connectivity index (χ0) is 34.6. The van der Waals surface area contributed by atoms with E-state index in [4.69, 9.17) is 0 Å². The van der Waals surface area contributed by atoms with Crippen molar-refractivity contribution in [2.24, 2.45) is 0 Å². The molecule has 0 fully saturated rings. The van der Waals surface area contributed by atoms with Gasteiger partial charge in [-0.2, -0.15) is 0 Å². The van der Waals surface area contributed by atoms with E-state index in [2.05, 4.69) is 95.8 Å². The number of aromatic nitrogens is 2. The first-order valence-electron chi connectivity index (χ1n) is 18.2. The summed E-state index contributed by atoms with van der Waals surface area (Å²) in [5.41, 5.74) is 8.76. The Bertz CT molecular complexity index is 3220. The summed E-state index contributed by atoms with van der Waals surface area (Å²) in [6, 6.07) is 41.1. The molecule has 0 amide bonds. The van der Waals surface area contributed by atoms with Crippen molar-refractivity contribution in [3.8, 4) is 22.3 Å². The van der Waals surface area contributed by atoms with E-state index in [1.807, 2.05) is 12.1 Å². The molecule has 0 spiro atoms. The van der Waals surface area contributed by atoms with Crippen LogP contribution in [-0.4, -0.2) is 9.13 Å². The Kier molecular flexibility index (Phi) is 5.33. The highest BCUT2D eigenvalue weighted by Gasteiger charge is 2.27. The molecule has 12 aromatic rings. The lowest BCUT2D eigenvalue weighted by Crippen LogP contribution is -1.94. The van der Waals surface area contributed by atoms with Crippen molar-refractivity contribution in [2.75, 3.05) is 0 Å². The second kappa shape index (κ2) is 9.74. The first-order valence-corrected chi connectivity index (χ1v) is 18.2. The highest BCUT2D eigenvalue weighted by Crippen LogP contribution is 2.53. The molecular formula is C48H30F2N2. The van der Waals surface area contributed by atoms with Crippen molar-refractivity contribution >= 4 is 97.5 Å². The van der Waals surface area contributed by atoms with Gasteiger partial charge in [-0.25, -0.2) is 8.78 Å². The second-order valence-corrected chi connectivity index (χ2v) is 14.4. The molecule has 2 aromatic heterocycles. The standard InChI is InChI=1S/C48H30F2N2/c1-3-51-39-17-13-27(25-7-5-9-31(49)19-25)21-35(39)45-33-15-11-30-24-38-44-34(16-12-29-23-37(47(45)51)43(33)41(30)42(29)44)46-36-22-28(26-8-6-10-32(50)20-26)14-18-40(36)52(4-2)48(38)46/h5-24H,3-4H2,1-2H3. The highest BCUT2D eigenvalue weighted by atomic mass is 19.1. The van der Waals surface area contributed by atoms with Crippen LogP contribution < -0.4 is 0 Å². The Labute approximate surface area is 296 Å². The zero-order valence-corrected chi connectivity index (χ0v) is 28.6. The maximum atomic E-state index is 14.3. The van der Waals surface area contributed by atoms with Gasteiger partial charge >= 0.3 is 0 Å². The lowest BCUT2D eigenvalue weighted by atomic mass is 9.90. The fourth-order valence-corrected chi connectivity index (χ4v) is 9.99. The average molecular weight is 673 g/mol. The third-order valence-electron chi connectivity index (χ3n) is 12.0. The molecule has 0 aliphatic rings. The summed E-state index contributed by atoms with van der Waals surface area (Å²) >= 11 is 0. The minimum atomic E-state index is -0.224. The molecule has 2 heterocycles. The summed E-state index contributed by atoms with van der Waals surface area (Å²) in [6.45, 7) is 6.14. The quantitative estimate of drug-likeness (QED) is 0.165. The zero-order valence-electron chi connectivity index (χ0n) is 28.6. The number of hydrogen-bond acceptors (Lipinski definition) is 0. The van der Waals surface area contributed by atoms with Crippen molar-refractivity contribution in [1.29, 1.82) is 0 Å². The van der Waals surface area contributed by atoms with Crippen LogP contribution in [0.1, 0.15) is 13.8 Å². The molecule has 0 atom stereocenters. The van der Waals surface area contributed by atoms with Gasteiger partial charge in [-0.15, -0.1) is 0 Å². The van der Waals surface area contributed by atoms with Gasteiger partial charge in [0.25, 0.3) is 0 Å². The molecule has 0 unspecified atom stereocenters. The van der Waals surface area contributed by atoms with Crippen LogP contribution in [0.4, 0.5) is 8.78 Å². The minimum absolute atomic E-state index is 0.224. The summed E-state index contributed by atoms with van der Waals surface area (Å²) in [6.07, 6.45) is 0. The van der Waals surface area contributed by atoms with E-state index in [9.17, 15) is 8.78 Å². The smallest absolute Gasteiger partial charge is 0.123 e. The molecule has 2 nitrogen and oxygen atoms in total. The molecule has 0 saturated carbocycles. The molecule has 10 aromatic carbocycles. The minimum Gasteiger partial charge on any atom is -0.340 e. The normalized spacial score (nSPS) is 12.8. The number of nitrogens with zero attached hydrogens (tertiary/aromatic N) is 2. The molecule has 52 heavy (non-hydrogen) atoms. The van der Waals surface area contributed by atoms with Crippen LogP contribution in [0.5, 0.6) is 0 Å². The van der Waals surface area contributed by atoms with Crippen LogP contribution in [0.3, 0.4) is 0 Å². The molecule has 0 aliphatic carbocycles. The van der Waals surface area contributed by atoms with Gasteiger partial charge in [0, 0.05) is 67.2 Å². The predicted molar refractivity (Wildman–Crippen MR) is 216 cm³/mol. The first-order chi connectivity index (χ1) is 25.5. The summed E-state index contributed by atoms with van der Waals surface area (Å²) in [5.74, 6) is -0.449. The van der Waals surface area contributed by atoms with Crippen molar-refractivity contribution in [2.45, 2.75) is 26.9 Å². The van der Waals surface area contributed by atoms with Crippen LogP contribution in [0.25, 0.3) is 120 Å².